The molecular weight excluding hydrogens is 380 g/mol. The van der Waals surface area contributed by atoms with Gasteiger partial charge in [-0.15, -0.1) is 0 Å². The van der Waals surface area contributed by atoms with Gasteiger partial charge in [0.25, 0.3) is 5.91 Å². The summed E-state index contributed by atoms with van der Waals surface area (Å²) in [5.74, 6) is 1.15. The Hall–Kier alpha value is -2.73. The van der Waals surface area contributed by atoms with Gasteiger partial charge in [-0.05, 0) is 37.3 Å². The number of fused-ring (bicyclic) bond motifs is 1. The van der Waals surface area contributed by atoms with E-state index in [-0.39, 0.29) is 24.8 Å². The molecule has 0 bridgehead atoms. The zero-order valence-electron chi connectivity index (χ0n) is 15.7. The van der Waals surface area contributed by atoms with Crippen LogP contribution < -0.4 is 14.8 Å². The van der Waals surface area contributed by atoms with Gasteiger partial charge in [-0.2, -0.15) is 0 Å². The predicted octanol–water partition coefficient (Wildman–Crippen LogP) is 3.28. The zero-order valence-corrected chi connectivity index (χ0v) is 16.5. The first-order valence-corrected chi connectivity index (χ1v) is 9.65. The van der Waals surface area contributed by atoms with Gasteiger partial charge >= 0.3 is 0 Å². The lowest BCUT2D eigenvalue weighted by Crippen LogP contribution is -2.34. The lowest BCUT2D eigenvalue weighted by molar-refractivity contribution is -0.131. The summed E-state index contributed by atoms with van der Waals surface area (Å²) in [5, 5.41) is 3.34. The number of nitrogens with zero attached hydrogens (tertiary/aromatic N) is 1. The van der Waals surface area contributed by atoms with Gasteiger partial charge in [-0.3, -0.25) is 9.59 Å². The molecule has 148 valence electrons. The van der Waals surface area contributed by atoms with Gasteiger partial charge in [-0.25, -0.2) is 0 Å². The summed E-state index contributed by atoms with van der Waals surface area (Å²) in [4.78, 5) is 26.5. The molecule has 1 heterocycles. The number of ether oxygens (including phenoxy) is 2. The number of nitrogens with one attached hydrogen (secondary N) is 1. The van der Waals surface area contributed by atoms with Crippen molar-refractivity contribution in [1.82, 2.24) is 10.2 Å². The molecule has 1 aliphatic rings. The van der Waals surface area contributed by atoms with Gasteiger partial charge in [0.05, 0.1) is 0 Å². The van der Waals surface area contributed by atoms with E-state index in [0.29, 0.717) is 48.4 Å². The highest BCUT2D eigenvalue weighted by Gasteiger charge is 2.19. The molecule has 7 heteroatoms. The third kappa shape index (κ3) is 4.95. The van der Waals surface area contributed by atoms with Crippen LogP contribution in [0.5, 0.6) is 11.5 Å². The predicted molar refractivity (Wildman–Crippen MR) is 107 cm³/mol. The van der Waals surface area contributed by atoms with Crippen molar-refractivity contribution in [2.24, 2.45) is 0 Å². The SMILES string of the molecule is CCN(Cc1cccc2c1OCCO2)C(=O)CCNC(=O)c1ccc(Cl)cc1. The Morgan fingerprint density at radius 2 is 1.86 bits per heavy atom. The summed E-state index contributed by atoms with van der Waals surface area (Å²) in [6.45, 7) is 4.22. The van der Waals surface area contributed by atoms with Crippen LogP contribution in [0.1, 0.15) is 29.3 Å². The number of halogens is 1. The lowest BCUT2D eigenvalue weighted by Gasteiger charge is -2.25. The number of amides is 2. The minimum atomic E-state index is -0.227. The molecule has 1 aliphatic heterocycles. The van der Waals surface area contributed by atoms with Crippen LogP contribution in [0.3, 0.4) is 0 Å². The van der Waals surface area contributed by atoms with E-state index in [2.05, 4.69) is 5.32 Å². The fourth-order valence-corrected chi connectivity index (χ4v) is 3.11. The van der Waals surface area contributed by atoms with Gasteiger partial charge in [0.15, 0.2) is 11.5 Å². The molecule has 0 aromatic heterocycles. The van der Waals surface area contributed by atoms with Crippen molar-refractivity contribution in [3.8, 4) is 11.5 Å². The van der Waals surface area contributed by atoms with Crippen molar-refractivity contribution in [2.75, 3.05) is 26.3 Å². The van der Waals surface area contributed by atoms with Crippen molar-refractivity contribution >= 4 is 23.4 Å². The lowest BCUT2D eigenvalue weighted by atomic mass is 10.1. The summed E-state index contributed by atoms with van der Waals surface area (Å²) in [5.41, 5.74) is 1.43. The molecule has 0 unspecified atom stereocenters. The standard InChI is InChI=1S/C21H23ClN2O4/c1-2-24(14-16-4-3-5-18-20(16)28-13-12-27-18)19(25)10-11-23-21(26)15-6-8-17(22)9-7-15/h3-9H,2,10-14H2,1H3,(H,23,26). The highest BCUT2D eigenvalue weighted by atomic mass is 35.5. The molecule has 2 amide bonds. The summed E-state index contributed by atoms with van der Waals surface area (Å²) >= 11 is 5.83. The Balaban J connectivity index is 1.54. The molecule has 0 fully saturated rings. The molecular formula is C21H23ClN2O4. The summed E-state index contributed by atoms with van der Waals surface area (Å²) in [6, 6.07) is 12.3. The number of hydrogen-bond acceptors (Lipinski definition) is 4. The van der Waals surface area contributed by atoms with Crippen LogP contribution in [0.4, 0.5) is 0 Å². The van der Waals surface area contributed by atoms with E-state index in [1.54, 1.807) is 29.2 Å². The van der Waals surface area contributed by atoms with E-state index in [0.717, 1.165) is 5.56 Å². The monoisotopic (exact) mass is 402 g/mol. The first kappa shape index (κ1) is 20.0. The van der Waals surface area contributed by atoms with Crippen LogP contribution in [0, 0.1) is 0 Å². The molecule has 0 saturated heterocycles. The Morgan fingerprint density at radius 3 is 2.61 bits per heavy atom. The Labute approximate surface area is 169 Å². The van der Waals surface area contributed by atoms with E-state index in [4.69, 9.17) is 21.1 Å². The van der Waals surface area contributed by atoms with E-state index >= 15 is 0 Å². The van der Waals surface area contributed by atoms with Crippen LogP contribution in [0.15, 0.2) is 42.5 Å². The first-order chi connectivity index (χ1) is 13.6. The van der Waals surface area contributed by atoms with Gasteiger partial charge in [0.2, 0.25) is 5.91 Å². The molecule has 28 heavy (non-hydrogen) atoms. The van der Waals surface area contributed by atoms with Gasteiger partial charge in [0.1, 0.15) is 13.2 Å². The summed E-state index contributed by atoms with van der Waals surface area (Å²) < 4.78 is 11.3. The topological polar surface area (TPSA) is 67.9 Å². The minimum absolute atomic E-state index is 0.0340. The Morgan fingerprint density at radius 1 is 1.11 bits per heavy atom. The van der Waals surface area contributed by atoms with Gasteiger partial charge in [-0.1, -0.05) is 23.7 Å². The normalized spacial score (nSPS) is 12.4. The number of hydrogen-bond donors (Lipinski definition) is 1. The van der Waals surface area contributed by atoms with Crippen LogP contribution in [-0.4, -0.2) is 43.0 Å². The maximum atomic E-state index is 12.6. The molecule has 0 spiro atoms. The van der Waals surface area contributed by atoms with Crippen molar-refractivity contribution in [1.29, 1.82) is 0 Å². The number of para-hydroxylation sites is 1. The maximum Gasteiger partial charge on any atom is 0.251 e. The van der Waals surface area contributed by atoms with E-state index in [1.807, 2.05) is 25.1 Å². The van der Waals surface area contributed by atoms with Crippen LogP contribution >= 0.6 is 11.6 Å². The molecule has 0 aliphatic carbocycles. The highest BCUT2D eigenvalue weighted by molar-refractivity contribution is 6.30. The van der Waals surface area contributed by atoms with Gasteiger partial charge < -0.3 is 19.7 Å². The second-order valence-electron chi connectivity index (χ2n) is 6.36. The van der Waals surface area contributed by atoms with Crippen molar-refractivity contribution in [3.63, 3.8) is 0 Å². The smallest absolute Gasteiger partial charge is 0.251 e. The van der Waals surface area contributed by atoms with Crippen LogP contribution in [0.2, 0.25) is 5.02 Å². The van der Waals surface area contributed by atoms with Crippen LogP contribution in [0.25, 0.3) is 0 Å². The molecule has 2 aromatic carbocycles. The highest BCUT2D eigenvalue weighted by Crippen LogP contribution is 2.34. The molecule has 3 rings (SSSR count). The third-order valence-corrected chi connectivity index (χ3v) is 4.73. The molecule has 0 atom stereocenters. The minimum Gasteiger partial charge on any atom is -0.486 e. The number of carbonyl (C=O) groups is 2. The van der Waals surface area contributed by atoms with Crippen LogP contribution in [-0.2, 0) is 11.3 Å². The molecule has 2 aromatic rings. The zero-order chi connectivity index (χ0) is 19.9. The molecule has 0 saturated carbocycles. The maximum absolute atomic E-state index is 12.6. The fourth-order valence-electron chi connectivity index (χ4n) is 2.98. The largest absolute Gasteiger partial charge is 0.486 e. The first-order valence-electron chi connectivity index (χ1n) is 9.27. The van der Waals surface area contributed by atoms with Crippen molar-refractivity contribution in [2.45, 2.75) is 19.9 Å². The average molecular weight is 403 g/mol. The van der Waals surface area contributed by atoms with E-state index < -0.39 is 0 Å². The number of benzene rings is 2. The quantitative estimate of drug-likeness (QED) is 0.771. The number of rotatable bonds is 7. The second kappa shape index (κ2) is 9.46. The van der Waals surface area contributed by atoms with E-state index in [1.165, 1.54) is 0 Å². The molecule has 1 N–H and O–H groups in total. The van der Waals surface area contributed by atoms with Crippen molar-refractivity contribution in [3.05, 3.63) is 58.6 Å². The second-order valence-corrected chi connectivity index (χ2v) is 6.80. The van der Waals surface area contributed by atoms with Gasteiger partial charge in [0, 0.05) is 42.2 Å². The average Bonchev–Trinajstić information content (AvgIpc) is 2.72. The van der Waals surface area contributed by atoms with E-state index in [9.17, 15) is 9.59 Å². The third-order valence-electron chi connectivity index (χ3n) is 4.47. The fraction of sp³-hybridized carbons (Fsp3) is 0.333. The number of carbonyl (C=O) groups excluding carboxylic acids is 2. The summed E-state index contributed by atoms with van der Waals surface area (Å²) in [7, 11) is 0. The molecule has 0 radical (unpaired) electrons. The van der Waals surface area contributed by atoms with Crippen molar-refractivity contribution < 1.29 is 19.1 Å². The Bertz CT molecular complexity index is 839. The summed E-state index contributed by atoms with van der Waals surface area (Å²) in [6.07, 6.45) is 0.222. The Kier molecular flexibility index (Phi) is 6.76. The molecule has 6 nitrogen and oxygen atoms in total.